The second-order valence-corrected chi connectivity index (χ2v) is 5.02. The predicted octanol–water partition coefficient (Wildman–Crippen LogP) is 1.75. The number of esters is 1. The number of nitrogens with one attached hydrogen (secondary N) is 2. The van der Waals surface area contributed by atoms with Crippen molar-refractivity contribution in [1.82, 2.24) is 10.6 Å². The molecule has 0 aromatic heterocycles. The van der Waals surface area contributed by atoms with E-state index in [9.17, 15) is 4.79 Å². The number of aliphatic imine (C=N–C) groups is 1. The summed E-state index contributed by atoms with van der Waals surface area (Å²) < 4.78 is 9.95. The van der Waals surface area contributed by atoms with Crippen LogP contribution in [-0.2, 0) is 16.0 Å². The molecule has 6 nitrogen and oxygen atoms in total. The van der Waals surface area contributed by atoms with Gasteiger partial charge in [-0.15, -0.1) is 0 Å². The van der Waals surface area contributed by atoms with Gasteiger partial charge in [0.1, 0.15) is 5.75 Å². The molecule has 0 aliphatic rings. The van der Waals surface area contributed by atoms with Crippen LogP contribution in [0.4, 0.5) is 0 Å². The molecule has 128 valence electrons. The minimum absolute atomic E-state index is 0.163. The molecule has 0 aliphatic heterocycles. The lowest BCUT2D eigenvalue weighted by Crippen LogP contribution is -2.38. The van der Waals surface area contributed by atoms with Gasteiger partial charge >= 0.3 is 5.97 Å². The van der Waals surface area contributed by atoms with Crippen LogP contribution >= 0.6 is 0 Å². The number of hydrogen-bond acceptors (Lipinski definition) is 4. The maximum absolute atomic E-state index is 11.0. The first kappa shape index (κ1) is 18.8. The first-order valence-electron chi connectivity index (χ1n) is 7.84. The Labute approximate surface area is 138 Å². The van der Waals surface area contributed by atoms with E-state index in [1.54, 1.807) is 14.2 Å². The molecule has 0 unspecified atom stereocenters. The van der Waals surface area contributed by atoms with E-state index < -0.39 is 0 Å². The number of unbranched alkanes of at least 4 members (excludes halogenated alkanes) is 1. The minimum atomic E-state index is -0.163. The van der Waals surface area contributed by atoms with E-state index in [0.717, 1.165) is 49.6 Å². The molecule has 0 saturated heterocycles. The molecular weight excluding hydrogens is 294 g/mol. The van der Waals surface area contributed by atoms with Crippen molar-refractivity contribution in [3.8, 4) is 5.75 Å². The van der Waals surface area contributed by atoms with Crippen molar-refractivity contribution in [3.05, 3.63) is 29.8 Å². The monoisotopic (exact) mass is 321 g/mol. The Morgan fingerprint density at radius 3 is 2.57 bits per heavy atom. The topological polar surface area (TPSA) is 72.0 Å². The molecule has 1 aromatic rings. The highest BCUT2D eigenvalue weighted by Gasteiger charge is 2.03. The van der Waals surface area contributed by atoms with Crippen LogP contribution in [0.3, 0.4) is 0 Å². The third-order valence-corrected chi connectivity index (χ3v) is 3.43. The number of guanidine groups is 1. The molecule has 0 aliphatic carbocycles. The minimum Gasteiger partial charge on any atom is -0.496 e. The largest absolute Gasteiger partial charge is 0.496 e. The fourth-order valence-corrected chi connectivity index (χ4v) is 2.15. The Bertz CT molecular complexity index is 504. The van der Waals surface area contributed by atoms with Crippen LogP contribution in [-0.4, -0.2) is 46.3 Å². The van der Waals surface area contributed by atoms with E-state index in [-0.39, 0.29) is 5.97 Å². The fraction of sp³-hybridized carbons (Fsp3) is 0.529. The summed E-state index contributed by atoms with van der Waals surface area (Å²) >= 11 is 0. The number of carbonyl (C=O) groups is 1. The lowest BCUT2D eigenvalue weighted by atomic mass is 10.1. The molecule has 23 heavy (non-hydrogen) atoms. The van der Waals surface area contributed by atoms with Gasteiger partial charge in [-0.05, 0) is 30.9 Å². The van der Waals surface area contributed by atoms with Gasteiger partial charge in [-0.25, -0.2) is 0 Å². The van der Waals surface area contributed by atoms with Gasteiger partial charge in [-0.2, -0.15) is 0 Å². The van der Waals surface area contributed by atoms with E-state index in [2.05, 4.69) is 26.4 Å². The molecule has 0 atom stereocenters. The molecular formula is C17H27N3O3. The second-order valence-electron chi connectivity index (χ2n) is 5.02. The lowest BCUT2D eigenvalue weighted by Gasteiger charge is -2.13. The Hall–Kier alpha value is -2.24. The zero-order chi connectivity index (χ0) is 16.9. The summed E-state index contributed by atoms with van der Waals surface area (Å²) in [4.78, 5) is 15.2. The van der Waals surface area contributed by atoms with E-state index in [1.807, 2.05) is 18.2 Å². The number of hydrogen-bond donors (Lipinski definition) is 2. The van der Waals surface area contributed by atoms with Crippen molar-refractivity contribution >= 4 is 11.9 Å². The third-order valence-electron chi connectivity index (χ3n) is 3.43. The van der Waals surface area contributed by atoms with Gasteiger partial charge in [0.15, 0.2) is 5.96 Å². The first-order valence-corrected chi connectivity index (χ1v) is 7.84. The molecule has 0 saturated carbocycles. The summed E-state index contributed by atoms with van der Waals surface area (Å²) in [5.74, 6) is 1.50. The van der Waals surface area contributed by atoms with Gasteiger partial charge in [0.2, 0.25) is 0 Å². The molecule has 0 spiro atoms. The van der Waals surface area contributed by atoms with Gasteiger partial charge < -0.3 is 20.1 Å². The molecule has 2 N–H and O–H groups in total. The van der Waals surface area contributed by atoms with E-state index in [1.165, 1.54) is 7.11 Å². The molecule has 0 amide bonds. The van der Waals surface area contributed by atoms with E-state index in [4.69, 9.17) is 4.74 Å². The molecule has 1 aromatic carbocycles. The summed E-state index contributed by atoms with van der Waals surface area (Å²) in [5.41, 5.74) is 1.16. The zero-order valence-electron chi connectivity index (χ0n) is 14.2. The summed E-state index contributed by atoms with van der Waals surface area (Å²) in [7, 11) is 4.84. The number of para-hydroxylation sites is 1. The van der Waals surface area contributed by atoms with Crippen molar-refractivity contribution in [1.29, 1.82) is 0 Å². The number of benzene rings is 1. The standard InChI is InChI=1S/C17H27N3O3/c1-18-17(19-12-7-6-10-16(21)23-3)20-13-11-14-8-4-5-9-15(14)22-2/h4-5,8-9H,6-7,10-13H2,1-3H3,(H2,18,19,20). The third kappa shape index (κ3) is 7.54. The Morgan fingerprint density at radius 1 is 1.13 bits per heavy atom. The smallest absolute Gasteiger partial charge is 0.305 e. The Kier molecular flexibility index (Phi) is 9.28. The normalized spacial score (nSPS) is 11.0. The fourth-order valence-electron chi connectivity index (χ4n) is 2.15. The van der Waals surface area contributed by atoms with Crippen LogP contribution in [0.5, 0.6) is 5.75 Å². The van der Waals surface area contributed by atoms with Crippen LogP contribution in [0.2, 0.25) is 0 Å². The number of rotatable bonds is 9. The van der Waals surface area contributed by atoms with Gasteiger partial charge in [0, 0.05) is 26.6 Å². The SMILES string of the molecule is CN=C(NCCCCC(=O)OC)NCCc1ccccc1OC. The Balaban J connectivity index is 2.23. The molecule has 0 fully saturated rings. The average Bonchev–Trinajstić information content (AvgIpc) is 2.59. The number of ether oxygens (including phenoxy) is 2. The van der Waals surface area contributed by atoms with Gasteiger partial charge in [-0.1, -0.05) is 18.2 Å². The van der Waals surface area contributed by atoms with E-state index >= 15 is 0 Å². The van der Waals surface area contributed by atoms with Crippen LogP contribution in [0, 0.1) is 0 Å². The molecule has 0 bridgehead atoms. The molecule has 0 heterocycles. The predicted molar refractivity (Wildman–Crippen MR) is 91.9 cm³/mol. The number of nitrogens with zero attached hydrogens (tertiary/aromatic N) is 1. The molecule has 0 radical (unpaired) electrons. The zero-order valence-corrected chi connectivity index (χ0v) is 14.2. The Morgan fingerprint density at radius 2 is 1.87 bits per heavy atom. The number of methoxy groups -OCH3 is 2. The van der Waals surface area contributed by atoms with Gasteiger partial charge in [0.25, 0.3) is 0 Å². The molecule has 6 heteroatoms. The van der Waals surface area contributed by atoms with Crippen molar-refractivity contribution in [2.75, 3.05) is 34.4 Å². The van der Waals surface area contributed by atoms with Crippen LogP contribution in [0.1, 0.15) is 24.8 Å². The summed E-state index contributed by atoms with van der Waals surface area (Å²) in [6, 6.07) is 7.99. The van der Waals surface area contributed by atoms with E-state index in [0.29, 0.717) is 6.42 Å². The summed E-state index contributed by atoms with van der Waals surface area (Å²) in [5, 5.41) is 6.50. The van der Waals surface area contributed by atoms with Crippen molar-refractivity contribution in [3.63, 3.8) is 0 Å². The second kappa shape index (κ2) is 11.3. The lowest BCUT2D eigenvalue weighted by molar-refractivity contribution is -0.140. The van der Waals surface area contributed by atoms with Crippen LogP contribution in [0.25, 0.3) is 0 Å². The first-order chi connectivity index (χ1) is 11.2. The van der Waals surface area contributed by atoms with Crippen LogP contribution < -0.4 is 15.4 Å². The highest BCUT2D eigenvalue weighted by atomic mass is 16.5. The maximum Gasteiger partial charge on any atom is 0.305 e. The van der Waals surface area contributed by atoms with Gasteiger partial charge in [0.05, 0.1) is 14.2 Å². The van der Waals surface area contributed by atoms with Crippen molar-refractivity contribution < 1.29 is 14.3 Å². The summed E-state index contributed by atoms with van der Waals surface area (Å²) in [6.45, 7) is 1.54. The number of carbonyl (C=O) groups excluding carboxylic acids is 1. The average molecular weight is 321 g/mol. The maximum atomic E-state index is 11.0. The van der Waals surface area contributed by atoms with Crippen LogP contribution in [0.15, 0.2) is 29.3 Å². The quantitative estimate of drug-likeness (QED) is 0.314. The highest BCUT2D eigenvalue weighted by molar-refractivity contribution is 5.79. The highest BCUT2D eigenvalue weighted by Crippen LogP contribution is 2.17. The van der Waals surface area contributed by atoms with Gasteiger partial charge in [-0.3, -0.25) is 9.79 Å². The summed E-state index contributed by atoms with van der Waals surface area (Å²) in [6.07, 6.45) is 3.01. The van der Waals surface area contributed by atoms with Crippen molar-refractivity contribution in [2.24, 2.45) is 4.99 Å². The molecule has 1 rings (SSSR count). The van der Waals surface area contributed by atoms with Crippen molar-refractivity contribution in [2.45, 2.75) is 25.7 Å².